The average Bonchev–Trinajstić information content (AvgIpc) is 2.66. The van der Waals surface area contributed by atoms with E-state index in [1.165, 1.54) is 5.56 Å². The normalized spacial score (nSPS) is 19.2. The van der Waals surface area contributed by atoms with E-state index in [4.69, 9.17) is 11.6 Å². The molecule has 2 N–H and O–H groups in total. The van der Waals surface area contributed by atoms with Crippen molar-refractivity contribution in [3.05, 3.63) is 34.3 Å². The summed E-state index contributed by atoms with van der Waals surface area (Å²) >= 11 is 5.97. The second-order valence-electron chi connectivity index (χ2n) is 4.17. The number of nitrogens with one attached hydrogen (secondary N) is 2. The number of aryl methyl sites for hydroxylation is 1. The van der Waals surface area contributed by atoms with Crippen LogP contribution in [0.4, 0.5) is 0 Å². The molecule has 1 heterocycles. The Labute approximate surface area is 101 Å². The molecule has 1 aliphatic rings. The van der Waals surface area contributed by atoms with Crippen molar-refractivity contribution in [2.45, 2.75) is 26.4 Å². The summed E-state index contributed by atoms with van der Waals surface area (Å²) < 4.78 is 0. The molecule has 0 aromatic heterocycles. The van der Waals surface area contributed by atoms with E-state index in [2.05, 4.69) is 28.6 Å². The smallest absolute Gasteiger partial charge is 0.191 e. The van der Waals surface area contributed by atoms with Crippen LogP contribution in [-0.4, -0.2) is 18.5 Å². The molecule has 0 saturated carbocycles. The summed E-state index contributed by atoms with van der Waals surface area (Å²) in [6, 6.07) is 6.49. The van der Waals surface area contributed by atoms with Gasteiger partial charge in [0.25, 0.3) is 0 Å². The van der Waals surface area contributed by atoms with E-state index in [0.29, 0.717) is 6.04 Å². The minimum absolute atomic E-state index is 0.439. The molecule has 0 saturated heterocycles. The number of hydrogen-bond acceptors (Lipinski definition) is 3. The Kier molecular flexibility index (Phi) is 3.34. The fourth-order valence-electron chi connectivity index (χ4n) is 1.66. The molecule has 3 nitrogen and oxygen atoms in total. The predicted molar refractivity (Wildman–Crippen MR) is 67.9 cm³/mol. The molecule has 0 amide bonds. The summed E-state index contributed by atoms with van der Waals surface area (Å²) in [5, 5.41) is 7.35. The molecule has 2 rings (SSSR count). The molecule has 1 aliphatic heterocycles. The fraction of sp³-hybridized carbons (Fsp3) is 0.417. The zero-order valence-corrected chi connectivity index (χ0v) is 10.3. The van der Waals surface area contributed by atoms with Gasteiger partial charge in [-0.25, -0.2) is 0 Å². The minimum Gasteiger partial charge on any atom is -0.352 e. The van der Waals surface area contributed by atoms with Crippen molar-refractivity contribution in [3.63, 3.8) is 0 Å². The van der Waals surface area contributed by atoms with Gasteiger partial charge >= 0.3 is 0 Å². The van der Waals surface area contributed by atoms with Gasteiger partial charge in [0.15, 0.2) is 5.96 Å². The van der Waals surface area contributed by atoms with E-state index in [1.54, 1.807) is 0 Å². The highest BCUT2D eigenvalue weighted by molar-refractivity contribution is 6.31. The molecule has 1 atom stereocenters. The number of hydrogen-bond donors (Lipinski definition) is 2. The molecule has 0 radical (unpaired) electrons. The molecule has 16 heavy (non-hydrogen) atoms. The van der Waals surface area contributed by atoms with Crippen molar-refractivity contribution in [2.24, 2.45) is 4.99 Å². The number of aliphatic imine (C=N–C) groups is 1. The van der Waals surface area contributed by atoms with Crippen LogP contribution in [0.1, 0.15) is 18.1 Å². The molecule has 1 aromatic carbocycles. The van der Waals surface area contributed by atoms with Crippen LogP contribution in [0.5, 0.6) is 0 Å². The first kappa shape index (κ1) is 11.3. The van der Waals surface area contributed by atoms with Gasteiger partial charge in [-0.1, -0.05) is 23.7 Å². The lowest BCUT2D eigenvalue weighted by molar-refractivity contribution is 0.713. The predicted octanol–water partition coefficient (Wildman–Crippen LogP) is 2.09. The van der Waals surface area contributed by atoms with Crippen LogP contribution in [0.15, 0.2) is 23.2 Å². The van der Waals surface area contributed by atoms with Crippen molar-refractivity contribution in [1.82, 2.24) is 10.6 Å². The first-order valence-electron chi connectivity index (χ1n) is 5.45. The van der Waals surface area contributed by atoms with E-state index in [1.807, 2.05) is 19.1 Å². The van der Waals surface area contributed by atoms with Crippen LogP contribution in [0, 0.1) is 6.92 Å². The maximum atomic E-state index is 5.97. The number of guanidine groups is 1. The highest BCUT2D eigenvalue weighted by atomic mass is 35.5. The second-order valence-corrected chi connectivity index (χ2v) is 4.58. The summed E-state index contributed by atoms with van der Waals surface area (Å²) in [4.78, 5) is 4.34. The molecule has 1 unspecified atom stereocenters. The van der Waals surface area contributed by atoms with Crippen LogP contribution in [0.3, 0.4) is 0 Å². The first-order chi connectivity index (χ1) is 7.65. The number of halogens is 1. The molecular weight excluding hydrogens is 222 g/mol. The maximum Gasteiger partial charge on any atom is 0.191 e. The summed E-state index contributed by atoms with van der Waals surface area (Å²) in [5.41, 5.74) is 2.32. The highest BCUT2D eigenvalue weighted by Gasteiger charge is 2.11. The Morgan fingerprint density at radius 2 is 2.38 bits per heavy atom. The lowest BCUT2D eigenvalue weighted by Gasteiger charge is -2.09. The Morgan fingerprint density at radius 1 is 1.56 bits per heavy atom. The van der Waals surface area contributed by atoms with E-state index in [0.717, 1.165) is 29.6 Å². The average molecular weight is 238 g/mol. The lowest BCUT2D eigenvalue weighted by Crippen LogP contribution is -2.37. The largest absolute Gasteiger partial charge is 0.352 e. The SMILES string of the molecule is Cc1cc(CNC2=NCC(C)N2)ccc1Cl. The van der Waals surface area contributed by atoms with Crippen LogP contribution in [-0.2, 0) is 6.54 Å². The van der Waals surface area contributed by atoms with Gasteiger partial charge in [-0.05, 0) is 31.0 Å². The van der Waals surface area contributed by atoms with Gasteiger partial charge in [-0.15, -0.1) is 0 Å². The highest BCUT2D eigenvalue weighted by Crippen LogP contribution is 2.16. The summed E-state index contributed by atoms with van der Waals surface area (Å²) in [6.07, 6.45) is 0. The van der Waals surface area contributed by atoms with Gasteiger partial charge in [0.2, 0.25) is 0 Å². The molecule has 0 bridgehead atoms. The van der Waals surface area contributed by atoms with Gasteiger partial charge in [0.1, 0.15) is 0 Å². The topological polar surface area (TPSA) is 36.4 Å². The quantitative estimate of drug-likeness (QED) is 0.827. The number of nitrogens with zero attached hydrogens (tertiary/aromatic N) is 1. The van der Waals surface area contributed by atoms with Crippen molar-refractivity contribution in [1.29, 1.82) is 0 Å². The van der Waals surface area contributed by atoms with Gasteiger partial charge in [0, 0.05) is 17.6 Å². The zero-order valence-electron chi connectivity index (χ0n) is 9.55. The summed E-state index contributed by atoms with van der Waals surface area (Å²) in [7, 11) is 0. The standard InChI is InChI=1S/C12H16ClN3/c1-8-5-10(3-4-11(8)13)7-15-12-14-6-9(2)16-12/h3-5,9H,6-7H2,1-2H3,(H2,14,15,16). The monoisotopic (exact) mass is 237 g/mol. The van der Waals surface area contributed by atoms with E-state index in [-0.39, 0.29) is 0 Å². The molecule has 4 heteroatoms. The minimum atomic E-state index is 0.439. The van der Waals surface area contributed by atoms with Crippen molar-refractivity contribution in [2.75, 3.05) is 6.54 Å². The van der Waals surface area contributed by atoms with Gasteiger partial charge in [0.05, 0.1) is 6.54 Å². The number of rotatable bonds is 2. The molecule has 86 valence electrons. The Bertz CT molecular complexity index is 415. The van der Waals surface area contributed by atoms with Gasteiger partial charge < -0.3 is 10.6 Å². The second kappa shape index (κ2) is 4.74. The summed E-state index contributed by atoms with van der Waals surface area (Å²) in [6.45, 7) is 5.75. The van der Waals surface area contributed by atoms with E-state index in [9.17, 15) is 0 Å². The van der Waals surface area contributed by atoms with Gasteiger partial charge in [-0.3, -0.25) is 4.99 Å². The summed E-state index contributed by atoms with van der Waals surface area (Å²) in [5.74, 6) is 0.889. The first-order valence-corrected chi connectivity index (χ1v) is 5.83. The van der Waals surface area contributed by atoms with Gasteiger partial charge in [-0.2, -0.15) is 0 Å². The lowest BCUT2D eigenvalue weighted by atomic mass is 10.1. The Hall–Kier alpha value is -1.22. The van der Waals surface area contributed by atoms with Crippen LogP contribution < -0.4 is 10.6 Å². The molecule has 0 aliphatic carbocycles. The molecule has 0 fully saturated rings. The molecule has 0 spiro atoms. The Balaban J connectivity index is 1.92. The third-order valence-corrected chi connectivity index (χ3v) is 3.01. The van der Waals surface area contributed by atoms with Crippen LogP contribution >= 0.6 is 11.6 Å². The molecule has 1 aromatic rings. The van der Waals surface area contributed by atoms with E-state index < -0.39 is 0 Å². The van der Waals surface area contributed by atoms with Crippen molar-refractivity contribution >= 4 is 17.6 Å². The van der Waals surface area contributed by atoms with Crippen LogP contribution in [0.25, 0.3) is 0 Å². The van der Waals surface area contributed by atoms with E-state index >= 15 is 0 Å². The van der Waals surface area contributed by atoms with Crippen molar-refractivity contribution < 1.29 is 0 Å². The third-order valence-electron chi connectivity index (χ3n) is 2.59. The third kappa shape index (κ3) is 2.67. The fourth-order valence-corrected chi connectivity index (χ4v) is 1.78. The number of benzene rings is 1. The maximum absolute atomic E-state index is 5.97. The van der Waals surface area contributed by atoms with Crippen molar-refractivity contribution in [3.8, 4) is 0 Å². The van der Waals surface area contributed by atoms with Crippen LogP contribution in [0.2, 0.25) is 5.02 Å². The molecular formula is C12H16ClN3. The zero-order chi connectivity index (χ0) is 11.5. The Morgan fingerprint density at radius 3 is 3.00 bits per heavy atom.